The summed E-state index contributed by atoms with van der Waals surface area (Å²) >= 11 is 0. The smallest absolute Gasteiger partial charge is 0.321 e. The Hall–Kier alpha value is -2.40. The molecule has 2 amide bonds. The first kappa shape index (κ1) is 17.0. The van der Waals surface area contributed by atoms with Crippen LogP contribution in [-0.2, 0) is 0 Å². The lowest BCUT2D eigenvalue weighted by atomic mass is 10.1. The Morgan fingerprint density at radius 3 is 2.54 bits per heavy atom. The number of anilines is 1. The lowest BCUT2D eigenvalue weighted by Crippen LogP contribution is -2.38. The predicted molar refractivity (Wildman–Crippen MR) is 102 cm³/mol. The molecule has 0 spiro atoms. The van der Waals surface area contributed by atoms with Crippen molar-refractivity contribution in [2.24, 2.45) is 0 Å². The number of nitrogens with one attached hydrogen (secondary N) is 1. The second kappa shape index (κ2) is 7.46. The van der Waals surface area contributed by atoms with E-state index in [2.05, 4.69) is 10.2 Å². The zero-order valence-electron chi connectivity index (χ0n) is 14.8. The maximum atomic E-state index is 13.1. The summed E-state index contributed by atoms with van der Waals surface area (Å²) in [4.78, 5) is 17.0. The van der Waals surface area contributed by atoms with Gasteiger partial charge < -0.3 is 10.2 Å². The highest BCUT2D eigenvalue weighted by molar-refractivity contribution is 5.90. The average Bonchev–Trinajstić information content (AvgIpc) is 3.34. The van der Waals surface area contributed by atoms with Crippen molar-refractivity contribution in [2.75, 3.05) is 31.5 Å². The highest BCUT2D eigenvalue weighted by Crippen LogP contribution is 2.24. The lowest BCUT2D eigenvalue weighted by molar-refractivity contribution is 0.210. The molecule has 2 aromatic carbocycles. The number of urea groups is 1. The number of hydrogen-bond acceptors (Lipinski definition) is 2. The number of carbonyl (C=O) groups is 1. The molecule has 4 rings (SSSR count). The number of halogens is 1. The number of carbonyl (C=O) groups excluding carboxylic acids is 1. The number of nitrogens with zero attached hydrogens (tertiary/aromatic N) is 2. The normalized spacial score (nSPS) is 20.5. The van der Waals surface area contributed by atoms with Crippen molar-refractivity contribution in [2.45, 2.75) is 25.3 Å². The van der Waals surface area contributed by atoms with Gasteiger partial charge in [-0.3, -0.25) is 4.90 Å². The summed E-state index contributed by atoms with van der Waals surface area (Å²) in [6.07, 6.45) is 3.61. The maximum absolute atomic E-state index is 13.1. The minimum absolute atomic E-state index is 0.0389. The minimum Gasteiger partial charge on any atom is -0.323 e. The summed E-state index contributed by atoms with van der Waals surface area (Å²) in [5.74, 6) is -0.250. The molecule has 1 N–H and O–H groups in total. The van der Waals surface area contributed by atoms with E-state index in [9.17, 15) is 9.18 Å². The van der Waals surface area contributed by atoms with Gasteiger partial charge in [-0.1, -0.05) is 24.3 Å². The van der Waals surface area contributed by atoms with Crippen LogP contribution in [0.2, 0.25) is 0 Å². The summed E-state index contributed by atoms with van der Waals surface area (Å²) in [7, 11) is 0. The third-order valence-electron chi connectivity index (χ3n) is 5.40. The highest BCUT2D eigenvalue weighted by atomic mass is 19.1. The van der Waals surface area contributed by atoms with Crippen molar-refractivity contribution in [3.8, 4) is 11.1 Å². The lowest BCUT2D eigenvalue weighted by Gasteiger charge is -2.23. The van der Waals surface area contributed by atoms with Gasteiger partial charge in [0, 0.05) is 24.8 Å². The maximum Gasteiger partial charge on any atom is 0.321 e. The fraction of sp³-hybridized carbons (Fsp3) is 0.381. The number of amides is 2. The van der Waals surface area contributed by atoms with E-state index >= 15 is 0 Å². The first-order chi connectivity index (χ1) is 12.7. The van der Waals surface area contributed by atoms with Crippen LogP contribution in [0, 0.1) is 5.82 Å². The molecule has 0 aliphatic carbocycles. The monoisotopic (exact) mass is 353 g/mol. The minimum atomic E-state index is -0.250. The number of benzene rings is 2. The van der Waals surface area contributed by atoms with Gasteiger partial charge in [0.1, 0.15) is 5.82 Å². The SMILES string of the molecule is O=C(Nc1cccc(-c2ccc(F)cc2)c1)N1CC[C@H](N2CCCC2)C1. The van der Waals surface area contributed by atoms with Crippen LogP contribution in [0.3, 0.4) is 0 Å². The van der Waals surface area contributed by atoms with Crippen LogP contribution < -0.4 is 5.32 Å². The molecule has 4 nitrogen and oxygen atoms in total. The van der Waals surface area contributed by atoms with Gasteiger partial charge in [-0.05, 0) is 67.7 Å². The second-order valence-electron chi connectivity index (χ2n) is 7.15. The summed E-state index contributed by atoms with van der Waals surface area (Å²) in [6.45, 7) is 3.95. The van der Waals surface area contributed by atoms with Crippen molar-refractivity contribution >= 4 is 11.7 Å². The Bertz CT molecular complexity index is 771. The zero-order chi connectivity index (χ0) is 17.9. The largest absolute Gasteiger partial charge is 0.323 e. The van der Waals surface area contributed by atoms with Gasteiger partial charge in [0.2, 0.25) is 0 Å². The van der Waals surface area contributed by atoms with E-state index in [1.54, 1.807) is 12.1 Å². The molecule has 5 heteroatoms. The van der Waals surface area contributed by atoms with Crippen LogP contribution in [0.15, 0.2) is 48.5 Å². The molecule has 136 valence electrons. The summed E-state index contributed by atoms with van der Waals surface area (Å²) < 4.78 is 13.1. The quantitative estimate of drug-likeness (QED) is 0.898. The van der Waals surface area contributed by atoms with Crippen LogP contribution in [-0.4, -0.2) is 48.1 Å². The molecule has 2 aliphatic heterocycles. The van der Waals surface area contributed by atoms with E-state index in [0.717, 1.165) is 36.3 Å². The Morgan fingerprint density at radius 1 is 1.00 bits per heavy atom. The van der Waals surface area contributed by atoms with Gasteiger partial charge in [-0.2, -0.15) is 0 Å². The molecule has 2 aromatic rings. The Balaban J connectivity index is 1.40. The molecular formula is C21H24FN3O. The van der Waals surface area contributed by atoms with Crippen LogP contribution in [0.4, 0.5) is 14.9 Å². The molecule has 0 aromatic heterocycles. The predicted octanol–water partition coefficient (Wildman–Crippen LogP) is 4.19. The van der Waals surface area contributed by atoms with Crippen molar-refractivity contribution in [3.05, 3.63) is 54.3 Å². The third kappa shape index (κ3) is 3.73. The van der Waals surface area contributed by atoms with E-state index in [-0.39, 0.29) is 11.8 Å². The summed E-state index contributed by atoms with van der Waals surface area (Å²) in [5, 5.41) is 3.01. The molecule has 2 saturated heterocycles. The molecule has 2 aliphatic rings. The third-order valence-corrected chi connectivity index (χ3v) is 5.40. The van der Waals surface area contributed by atoms with E-state index in [1.807, 2.05) is 29.2 Å². The number of rotatable bonds is 3. The molecule has 2 heterocycles. The van der Waals surface area contributed by atoms with Gasteiger partial charge in [-0.15, -0.1) is 0 Å². The Labute approximate surface area is 153 Å². The number of likely N-dealkylation sites (tertiary alicyclic amines) is 2. The molecule has 1 atom stereocenters. The summed E-state index contributed by atoms with van der Waals surface area (Å²) in [6, 6.07) is 14.5. The molecule has 0 bridgehead atoms. The number of hydrogen-bond donors (Lipinski definition) is 1. The van der Waals surface area contributed by atoms with Gasteiger partial charge in [0.25, 0.3) is 0 Å². The van der Waals surface area contributed by atoms with Gasteiger partial charge >= 0.3 is 6.03 Å². The van der Waals surface area contributed by atoms with E-state index in [4.69, 9.17) is 0 Å². The van der Waals surface area contributed by atoms with E-state index < -0.39 is 0 Å². The molecule has 0 unspecified atom stereocenters. The molecular weight excluding hydrogens is 329 g/mol. The van der Waals surface area contributed by atoms with Crippen LogP contribution in [0.25, 0.3) is 11.1 Å². The zero-order valence-corrected chi connectivity index (χ0v) is 14.8. The van der Waals surface area contributed by atoms with E-state index in [0.29, 0.717) is 6.04 Å². The van der Waals surface area contributed by atoms with E-state index in [1.165, 1.54) is 38.1 Å². The highest BCUT2D eigenvalue weighted by Gasteiger charge is 2.31. The van der Waals surface area contributed by atoms with Crippen molar-refractivity contribution < 1.29 is 9.18 Å². The van der Waals surface area contributed by atoms with Crippen LogP contribution in [0.1, 0.15) is 19.3 Å². The second-order valence-corrected chi connectivity index (χ2v) is 7.15. The Kier molecular flexibility index (Phi) is 4.89. The van der Waals surface area contributed by atoms with Crippen molar-refractivity contribution in [1.29, 1.82) is 0 Å². The molecule has 26 heavy (non-hydrogen) atoms. The van der Waals surface area contributed by atoms with Crippen molar-refractivity contribution in [3.63, 3.8) is 0 Å². The van der Waals surface area contributed by atoms with Crippen LogP contribution in [0.5, 0.6) is 0 Å². The van der Waals surface area contributed by atoms with Gasteiger partial charge in [0.15, 0.2) is 0 Å². The van der Waals surface area contributed by atoms with Crippen LogP contribution >= 0.6 is 0 Å². The van der Waals surface area contributed by atoms with Crippen molar-refractivity contribution in [1.82, 2.24) is 9.80 Å². The Morgan fingerprint density at radius 2 is 1.77 bits per heavy atom. The molecule has 0 saturated carbocycles. The average molecular weight is 353 g/mol. The first-order valence-electron chi connectivity index (χ1n) is 9.35. The molecule has 0 radical (unpaired) electrons. The standard InChI is InChI=1S/C21H24FN3O/c22-18-8-6-16(7-9-18)17-4-3-5-19(14-17)23-21(26)25-13-10-20(15-25)24-11-1-2-12-24/h3-9,14,20H,1-2,10-13,15H2,(H,23,26)/t20-/m0/s1. The molecule has 2 fully saturated rings. The fourth-order valence-corrected chi connectivity index (χ4v) is 3.95. The first-order valence-corrected chi connectivity index (χ1v) is 9.35. The van der Waals surface area contributed by atoms with Gasteiger partial charge in [-0.25, -0.2) is 9.18 Å². The van der Waals surface area contributed by atoms with Gasteiger partial charge in [0.05, 0.1) is 0 Å². The topological polar surface area (TPSA) is 35.6 Å². The fourth-order valence-electron chi connectivity index (χ4n) is 3.95. The summed E-state index contributed by atoms with van der Waals surface area (Å²) in [5.41, 5.74) is 2.65.